The van der Waals surface area contributed by atoms with Crippen molar-refractivity contribution < 1.29 is 46.1 Å². The topological polar surface area (TPSA) is 113 Å². The van der Waals surface area contributed by atoms with Crippen LogP contribution in [0.15, 0.2) is 45.6 Å². The lowest BCUT2D eigenvalue weighted by Gasteiger charge is -2.19. The number of alkyl halides is 3. The van der Waals surface area contributed by atoms with E-state index in [0.29, 0.717) is 12.4 Å². The van der Waals surface area contributed by atoms with E-state index in [4.69, 9.17) is 18.6 Å². The predicted octanol–water partition coefficient (Wildman–Crippen LogP) is 3.31. The van der Waals surface area contributed by atoms with Crippen LogP contribution in [0, 0.1) is 0 Å². The largest absolute Gasteiger partial charge is 0.486 e. The van der Waals surface area contributed by atoms with Crippen LogP contribution in [-0.4, -0.2) is 44.8 Å². The number of hydrogen-bond acceptors (Lipinski definition) is 8. The van der Waals surface area contributed by atoms with Crippen LogP contribution in [0.4, 0.5) is 13.2 Å². The minimum absolute atomic E-state index is 0.0216. The molecule has 0 saturated heterocycles. The molecule has 1 aliphatic rings. The lowest BCUT2D eigenvalue weighted by molar-refractivity contribution is -0.152. The number of carbonyl (C=O) groups excluding carboxylic acids is 2. The minimum atomic E-state index is -4.99. The maximum Gasteiger partial charge on any atom is 0.450 e. The second-order valence-corrected chi connectivity index (χ2v) is 7.75. The van der Waals surface area contributed by atoms with Crippen LogP contribution >= 0.6 is 0 Å². The van der Waals surface area contributed by atoms with Crippen LogP contribution in [0.3, 0.4) is 0 Å². The average molecular weight is 507 g/mol. The molecule has 0 radical (unpaired) electrons. The summed E-state index contributed by atoms with van der Waals surface area (Å²) in [5, 5.41) is 2.22. The molecular weight excluding hydrogens is 487 g/mol. The third-order valence-electron chi connectivity index (χ3n) is 5.25. The SMILES string of the molecule is COC(=O)C(C)NC(=O)COc1ccc2c(=O)c(-c3ccc4c(c3)OCCO4)c(C(F)(F)F)oc2c1. The molecule has 190 valence electrons. The van der Waals surface area contributed by atoms with Gasteiger partial charge in [-0.2, -0.15) is 13.2 Å². The molecule has 0 spiro atoms. The zero-order chi connectivity index (χ0) is 26.0. The van der Waals surface area contributed by atoms with Crippen LogP contribution in [0.1, 0.15) is 12.7 Å². The van der Waals surface area contributed by atoms with E-state index in [2.05, 4.69) is 10.1 Å². The van der Waals surface area contributed by atoms with Gasteiger partial charge in [0.1, 0.15) is 30.6 Å². The highest BCUT2D eigenvalue weighted by atomic mass is 19.4. The van der Waals surface area contributed by atoms with Gasteiger partial charge >= 0.3 is 12.1 Å². The molecule has 4 rings (SSSR count). The smallest absolute Gasteiger partial charge is 0.450 e. The summed E-state index contributed by atoms with van der Waals surface area (Å²) in [7, 11) is 1.17. The first-order chi connectivity index (χ1) is 17.1. The molecule has 0 fully saturated rings. The summed E-state index contributed by atoms with van der Waals surface area (Å²) in [6, 6.07) is 6.77. The first-order valence-electron chi connectivity index (χ1n) is 10.7. The van der Waals surface area contributed by atoms with E-state index >= 15 is 0 Å². The third-order valence-corrected chi connectivity index (χ3v) is 5.25. The Morgan fingerprint density at radius 3 is 2.50 bits per heavy atom. The van der Waals surface area contributed by atoms with Crippen molar-refractivity contribution in [3.05, 3.63) is 52.4 Å². The number of esters is 1. The fourth-order valence-corrected chi connectivity index (χ4v) is 3.59. The van der Waals surface area contributed by atoms with E-state index in [0.717, 1.165) is 6.07 Å². The molecule has 2 aromatic carbocycles. The molecule has 36 heavy (non-hydrogen) atoms. The average Bonchev–Trinajstić information content (AvgIpc) is 2.85. The fourth-order valence-electron chi connectivity index (χ4n) is 3.59. The van der Waals surface area contributed by atoms with E-state index in [9.17, 15) is 27.6 Å². The number of halogens is 3. The molecule has 3 aromatic rings. The lowest BCUT2D eigenvalue weighted by atomic mass is 10.0. The Hall–Kier alpha value is -4.22. The van der Waals surface area contributed by atoms with Gasteiger partial charge in [-0.05, 0) is 36.8 Å². The maximum atomic E-state index is 13.9. The Balaban J connectivity index is 1.67. The van der Waals surface area contributed by atoms with Gasteiger partial charge in [0.2, 0.25) is 11.2 Å². The van der Waals surface area contributed by atoms with Crippen molar-refractivity contribution in [2.75, 3.05) is 26.9 Å². The quantitative estimate of drug-likeness (QED) is 0.506. The summed E-state index contributed by atoms with van der Waals surface area (Å²) in [6.45, 7) is 1.39. The zero-order valence-corrected chi connectivity index (χ0v) is 19.1. The summed E-state index contributed by atoms with van der Waals surface area (Å²) in [5.41, 5.74) is -2.00. The van der Waals surface area contributed by atoms with Crippen LogP contribution < -0.4 is 25.0 Å². The van der Waals surface area contributed by atoms with Gasteiger partial charge in [-0.3, -0.25) is 9.59 Å². The molecule has 1 N–H and O–H groups in total. The zero-order valence-electron chi connectivity index (χ0n) is 19.1. The summed E-state index contributed by atoms with van der Waals surface area (Å²) in [6.07, 6.45) is -4.99. The molecule has 0 aliphatic carbocycles. The van der Waals surface area contributed by atoms with Gasteiger partial charge in [0.05, 0.1) is 18.1 Å². The molecule has 0 bridgehead atoms. The molecule has 1 aliphatic heterocycles. The second-order valence-electron chi connectivity index (χ2n) is 7.75. The van der Waals surface area contributed by atoms with Gasteiger partial charge in [-0.25, -0.2) is 4.79 Å². The number of ether oxygens (including phenoxy) is 4. The van der Waals surface area contributed by atoms with Gasteiger partial charge in [0.15, 0.2) is 18.1 Å². The molecule has 2 heterocycles. The monoisotopic (exact) mass is 507 g/mol. The summed E-state index contributed by atoms with van der Waals surface area (Å²) in [5.74, 6) is -2.26. The molecule has 1 aromatic heterocycles. The van der Waals surface area contributed by atoms with Crippen molar-refractivity contribution in [2.45, 2.75) is 19.1 Å². The summed E-state index contributed by atoms with van der Waals surface area (Å²) in [4.78, 5) is 36.5. The second kappa shape index (κ2) is 9.80. The van der Waals surface area contributed by atoms with Crippen molar-refractivity contribution in [3.63, 3.8) is 0 Å². The van der Waals surface area contributed by atoms with Crippen LogP contribution in [0.5, 0.6) is 17.2 Å². The van der Waals surface area contributed by atoms with Crippen LogP contribution in [0.25, 0.3) is 22.1 Å². The predicted molar refractivity (Wildman–Crippen MR) is 119 cm³/mol. The number of hydrogen-bond donors (Lipinski definition) is 1. The van der Waals surface area contributed by atoms with E-state index in [-0.39, 0.29) is 34.6 Å². The number of nitrogens with one attached hydrogen (secondary N) is 1. The highest BCUT2D eigenvalue weighted by Gasteiger charge is 2.39. The minimum Gasteiger partial charge on any atom is -0.486 e. The van der Waals surface area contributed by atoms with Gasteiger partial charge < -0.3 is 28.7 Å². The molecule has 0 saturated carbocycles. The number of rotatable bonds is 6. The molecule has 12 heteroatoms. The van der Waals surface area contributed by atoms with Crippen molar-refractivity contribution in [1.82, 2.24) is 5.32 Å². The maximum absolute atomic E-state index is 13.9. The van der Waals surface area contributed by atoms with E-state index in [1.807, 2.05) is 0 Å². The Kier molecular flexibility index (Phi) is 6.77. The number of methoxy groups -OCH3 is 1. The van der Waals surface area contributed by atoms with Gasteiger partial charge in [-0.15, -0.1) is 0 Å². The molecule has 9 nitrogen and oxygen atoms in total. The van der Waals surface area contributed by atoms with Gasteiger partial charge in [-0.1, -0.05) is 6.07 Å². The number of benzene rings is 2. The Morgan fingerprint density at radius 1 is 1.08 bits per heavy atom. The van der Waals surface area contributed by atoms with Crippen molar-refractivity contribution in [1.29, 1.82) is 0 Å². The standard InChI is InChI=1S/C24H20F3NO8/c1-12(23(31)32-2)28-19(29)11-35-14-4-5-15-17(10-14)36-22(24(25,26)27)20(21(15)30)13-3-6-16-18(9-13)34-8-7-33-16/h3-6,9-10,12H,7-8,11H2,1-2H3,(H,28,29). The third kappa shape index (κ3) is 5.07. The molecular formula is C24H20F3NO8. The van der Waals surface area contributed by atoms with Crippen molar-refractivity contribution in [3.8, 4) is 28.4 Å². The van der Waals surface area contributed by atoms with Crippen molar-refractivity contribution >= 4 is 22.8 Å². The Morgan fingerprint density at radius 2 is 1.81 bits per heavy atom. The Bertz CT molecular complexity index is 1380. The fraction of sp³-hybridized carbons (Fsp3) is 0.292. The van der Waals surface area contributed by atoms with Crippen LogP contribution in [0.2, 0.25) is 0 Å². The van der Waals surface area contributed by atoms with Crippen molar-refractivity contribution in [2.24, 2.45) is 0 Å². The first-order valence-corrected chi connectivity index (χ1v) is 10.7. The highest BCUT2D eigenvalue weighted by molar-refractivity contribution is 5.86. The lowest BCUT2D eigenvalue weighted by Crippen LogP contribution is -2.41. The first kappa shape index (κ1) is 24.9. The van der Waals surface area contributed by atoms with Gasteiger partial charge in [0, 0.05) is 6.07 Å². The highest BCUT2D eigenvalue weighted by Crippen LogP contribution is 2.40. The summed E-state index contributed by atoms with van der Waals surface area (Å²) >= 11 is 0. The van der Waals surface area contributed by atoms with E-state index < -0.39 is 47.5 Å². The summed E-state index contributed by atoms with van der Waals surface area (Å²) < 4.78 is 67.6. The van der Waals surface area contributed by atoms with Gasteiger partial charge in [0.25, 0.3) is 5.91 Å². The Labute approximate surface area is 201 Å². The molecule has 1 unspecified atom stereocenters. The number of amides is 1. The van der Waals surface area contributed by atoms with Crippen LogP contribution in [-0.2, 0) is 20.5 Å². The molecule has 1 amide bonds. The van der Waals surface area contributed by atoms with E-state index in [1.165, 1.54) is 44.4 Å². The number of carbonyl (C=O) groups is 2. The number of fused-ring (bicyclic) bond motifs is 2. The normalized spacial score (nSPS) is 13.7. The molecule has 1 atom stereocenters. The van der Waals surface area contributed by atoms with E-state index in [1.54, 1.807) is 0 Å².